The Balaban J connectivity index is 1.62. The van der Waals surface area contributed by atoms with Crippen LogP contribution in [0, 0.1) is 0 Å². The van der Waals surface area contributed by atoms with Crippen molar-refractivity contribution in [1.82, 2.24) is 15.5 Å². The molecule has 2 unspecified atom stereocenters. The maximum Gasteiger partial charge on any atom is 0.248 e. The summed E-state index contributed by atoms with van der Waals surface area (Å²) in [5.41, 5.74) is 0.913. The monoisotopic (exact) mass is 351 g/mol. The van der Waals surface area contributed by atoms with Crippen LogP contribution >= 0.6 is 15.9 Å². The SMILES string of the molecule is CC1CC(NCc2nnc(-c3ccccc3Br)o2)CCO1. The van der Waals surface area contributed by atoms with Gasteiger partial charge >= 0.3 is 0 Å². The van der Waals surface area contributed by atoms with Gasteiger partial charge < -0.3 is 14.5 Å². The lowest BCUT2D eigenvalue weighted by Gasteiger charge is -2.27. The summed E-state index contributed by atoms with van der Waals surface area (Å²) in [4.78, 5) is 0. The topological polar surface area (TPSA) is 60.2 Å². The third-order valence-electron chi connectivity index (χ3n) is 3.60. The number of ether oxygens (including phenoxy) is 1. The van der Waals surface area contributed by atoms with Gasteiger partial charge in [0, 0.05) is 17.1 Å². The minimum atomic E-state index is 0.315. The molecule has 2 atom stereocenters. The zero-order chi connectivity index (χ0) is 14.7. The molecule has 5 nitrogen and oxygen atoms in total. The number of halogens is 1. The molecule has 2 heterocycles. The van der Waals surface area contributed by atoms with Crippen molar-refractivity contribution in [1.29, 1.82) is 0 Å². The number of nitrogens with zero attached hydrogens (tertiary/aromatic N) is 2. The molecule has 6 heteroatoms. The first-order valence-corrected chi connectivity index (χ1v) is 7.94. The molecule has 0 aliphatic carbocycles. The van der Waals surface area contributed by atoms with Crippen molar-refractivity contribution in [3.63, 3.8) is 0 Å². The first-order chi connectivity index (χ1) is 10.2. The minimum absolute atomic E-state index is 0.315. The molecule has 21 heavy (non-hydrogen) atoms. The molecule has 0 saturated carbocycles. The van der Waals surface area contributed by atoms with E-state index in [1.165, 1.54) is 0 Å². The van der Waals surface area contributed by atoms with E-state index < -0.39 is 0 Å². The summed E-state index contributed by atoms with van der Waals surface area (Å²) < 4.78 is 12.2. The molecular formula is C15H18BrN3O2. The summed E-state index contributed by atoms with van der Waals surface area (Å²) in [6, 6.07) is 8.27. The van der Waals surface area contributed by atoms with E-state index in [1.807, 2.05) is 24.3 Å². The zero-order valence-corrected chi connectivity index (χ0v) is 13.5. The fourth-order valence-electron chi connectivity index (χ4n) is 2.48. The summed E-state index contributed by atoms with van der Waals surface area (Å²) in [6.07, 6.45) is 2.36. The Morgan fingerprint density at radius 1 is 1.33 bits per heavy atom. The van der Waals surface area contributed by atoms with E-state index >= 15 is 0 Å². The van der Waals surface area contributed by atoms with Crippen LogP contribution < -0.4 is 5.32 Å². The average molecular weight is 352 g/mol. The number of hydrogen-bond donors (Lipinski definition) is 1. The lowest BCUT2D eigenvalue weighted by Crippen LogP contribution is -2.37. The van der Waals surface area contributed by atoms with E-state index in [9.17, 15) is 0 Å². The Kier molecular flexibility index (Phi) is 4.67. The highest BCUT2D eigenvalue weighted by atomic mass is 79.9. The van der Waals surface area contributed by atoms with Crippen molar-refractivity contribution in [3.05, 3.63) is 34.6 Å². The highest BCUT2D eigenvalue weighted by molar-refractivity contribution is 9.10. The molecule has 0 radical (unpaired) electrons. The number of benzene rings is 1. The third-order valence-corrected chi connectivity index (χ3v) is 4.29. The number of aromatic nitrogens is 2. The molecule has 1 aliphatic rings. The zero-order valence-electron chi connectivity index (χ0n) is 11.9. The first-order valence-electron chi connectivity index (χ1n) is 7.14. The predicted molar refractivity (Wildman–Crippen MR) is 82.7 cm³/mol. The van der Waals surface area contributed by atoms with Gasteiger partial charge in [-0.3, -0.25) is 0 Å². The molecule has 1 N–H and O–H groups in total. The van der Waals surface area contributed by atoms with Gasteiger partial charge in [-0.1, -0.05) is 12.1 Å². The molecule has 0 bridgehead atoms. The van der Waals surface area contributed by atoms with E-state index in [4.69, 9.17) is 9.15 Å². The van der Waals surface area contributed by atoms with Gasteiger partial charge in [0.1, 0.15) is 0 Å². The Morgan fingerprint density at radius 2 is 2.19 bits per heavy atom. The quantitative estimate of drug-likeness (QED) is 0.916. The molecule has 3 rings (SSSR count). The molecule has 1 saturated heterocycles. The van der Waals surface area contributed by atoms with Gasteiger partial charge in [-0.2, -0.15) is 0 Å². The van der Waals surface area contributed by atoms with Crippen LogP contribution in [0.2, 0.25) is 0 Å². The molecule has 0 spiro atoms. The summed E-state index contributed by atoms with van der Waals surface area (Å²) in [7, 11) is 0. The smallest absolute Gasteiger partial charge is 0.248 e. The fourth-order valence-corrected chi connectivity index (χ4v) is 2.94. The molecule has 2 aromatic rings. The Labute approximate surface area is 132 Å². The van der Waals surface area contributed by atoms with E-state index in [0.29, 0.717) is 30.5 Å². The Bertz CT molecular complexity index is 602. The third kappa shape index (κ3) is 3.70. The van der Waals surface area contributed by atoms with Crippen LogP contribution in [0.4, 0.5) is 0 Å². The van der Waals surface area contributed by atoms with Crippen LogP contribution in [0.15, 0.2) is 33.2 Å². The number of rotatable bonds is 4. The van der Waals surface area contributed by atoms with Crippen molar-refractivity contribution < 1.29 is 9.15 Å². The number of hydrogen-bond acceptors (Lipinski definition) is 5. The van der Waals surface area contributed by atoms with Crippen molar-refractivity contribution in [2.75, 3.05) is 6.61 Å². The van der Waals surface area contributed by atoms with Crippen LogP contribution in [0.25, 0.3) is 11.5 Å². The fraction of sp³-hybridized carbons (Fsp3) is 0.467. The lowest BCUT2D eigenvalue weighted by atomic mass is 10.0. The molecular weight excluding hydrogens is 334 g/mol. The van der Waals surface area contributed by atoms with Gasteiger partial charge in [0.25, 0.3) is 0 Å². The van der Waals surface area contributed by atoms with Gasteiger partial charge in [-0.05, 0) is 47.8 Å². The van der Waals surface area contributed by atoms with Crippen LogP contribution in [-0.2, 0) is 11.3 Å². The Hall–Kier alpha value is -1.24. The van der Waals surface area contributed by atoms with Crippen LogP contribution in [-0.4, -0.2) is 29.0 Å². The standard InChI is InChI=1S/C15H18BrN3O2/c1-10-8-11(6-7-20-10)17-9-14-18-19-15(21-14)12-4-2-3-5-13(12)16/h2-5,10-11,17H,6-9H2,1H3. The second-order valence-electron chi connectivity index (χ2n) is 5.26. The van der Waals surface area contributed by atoms with Gasteiger partial charge in [0.05, 0.1) is 18.2 Å². The number of nitrogens with one attached hydrogen (secondary N) is 1. The van der Waals surface area contributed by atoms with E-state index in [-0.39, 0.29) is 0 Å². The maximum atomic E-state index is 5.72. The summed E-state index contributed by atoms with van der Waals surface area (Å²) >= 11 is 3.49. The van der Waals surface area contributed by atoms with Crippen molar-refractivity contribution in [3.8, 4) is 11.5 Å². The summed E-state index contributed by atoms with van der Waals surface area (Å²) in [5.74, 6) is 1.15. The molecule has 0 amide bonds. The predicted octanol–water partition coefficient (Wildman–Crippen LogP) is 3.16. The van der Waals surface area contributed by atoms with Crippen molar-refractivity contribution >= 4 is 15.9 Å². The summed E-state index contributed by atoms with van der Waals surface area (Å²) in [6.45, 7) is 3.51. The maximum absolute atomic E-state index is 5.72. The van der Waals surface area contributed by atoms with Crippen LogP contribution in [0.1, 0.15) is 25.7 Å². The highest BCUT2D eigenvalue weighted by Gasteiger charge is 2.19. The first kappa shape index (κ1) is 14.7. The minimum Gasteiger partial charge on any atom is -0.419 e. The average Bonchev–Trinajstić information content (AvgIpc) is 2.94. The van der Waals surface area contributed by atoms with Gasteiger partial charge in [0.2, 0.25) is 11.8 Å². The van der Waals surface area contributed by atoms with Gasteiger partial charge in [-0.15, -0.1) is 10.2 Å². The Morgan fingerprint density at radius 3 is 3.00 bits per heavy atom. The molecule has 1 aliphatic heterocycles. The molecule has 1 aromatic carbocycles. The van der Waals surface area contributed by atoms with Gasteiger partial charge in [-0.25, -0.2) is 0 Å². The second kappa shape index (κ2) is 6.68. The van der Waals surface area contributed by atoms with E-state index in [2.05, 4.69) is 38.4 Å². The largest absolute Gasteiger partial charge is 0.419 e. The van der Waals surface area contributed by atoms with Gasteiger partial charge in [0.15, 0.2) is 0 Å². The highest BCUT2D eigenvalue weighted by Crippen LogP contribution is 2.26. The van der Waals surface area contributed by atoms with E-state index in [0.717, 1.165) is 29.5 Å². The second-order valence-corrected chi connectivity index (χ2v) is 6.12. The normalized spacial score (nSPS) is 22.4. The van der Waals surface area contributed by atoms with Crippen LogP contribution in [0.3, 0.4) is 0 Å². The van der Waals surface area contributed by atoms with Crippen molar-refractivity contribution in [2.24, 2.45) is 0 Å². The lowest BCUT2D eigenvalue weighted by molar-refractivity contribution is 0.0127. The molecule has 112 valence electrons. The molecule has 1 aromatic heterocycles. The van der Waals surface area contributed by atoms with Crippen LogP contribution in [0.5, 0.6) is 0 Å². The summed E-state index contributed by atoms with van der Waals surface area (Å²) in [5, 5.41) is 11.7. The van der Waals surface area contributed by atoms with Crippen molar-refractivity contribution in [2.45, 2.75) is 38.5 Å². The molecule has 1 fully saturated rings. The van der Waals surface area contributed by atoms with E-state index in [1.54, 1.807) is 0 Å².